The molecule has 17 heavy (non-hydrogen) atoms. The summed E-state index contributed by atoms with van der Waals surface area (Å²) in [5.41, 5.74) is 5.08. The number of amides is 1. The third-order valence-corrected chi connectivity index (χ3v) is 3.06. The van der Waals surface area contributed by atoms with Crippen molar-refractivity contribution in [3.05, 3.63) is 0 Å². The highest BCUT2D eigenvalue weighted by atomic mass is 16.6. The molecule has 3 unspecified atom stereocenters. The molecule has 0 aromatic carbocycles. The fraction of sp³-hybridized carbons (Fsp3) is 0.917. The average Bonchev–Trinajstić information content (AvgIpc) is 2.52. The number of carbonyl (C=O) groups is 1. The van der Waals surface area contributed by atoms with Gasteiger partial charge in [0.15, 0.2) is 0 Å². The van der Waals surface area contributed by atoms with Crippen molar-refractivity contribution in [3.63, 3.8) is 0 Å². The van der Waals surface area contributed by atoms with Crippen molar-refractivity contribution < 1.29 is 14.6 Å². The Balaban J connectivity index is 2.73. The van der Waals surface area contributed by atoms with Crippen LogP contribution in [-0.4, -0.2) is 46.9 Å². The van der Waals surface area contributed by atoms with Gasteiger partial charge in [-0.05, 0) is 33.7 Å². The summed E-state index contributed by atoms with van der Waals surface area (Å²) in [6.07, 6.45) is -0.200. The largest absolute Gasteiger partial charge is 0.444 e. The lowest BCUT2D eigenvalue weighted by Crippen LogP contribution is -2.42. The molecule has 0 bridgehead atoms. The van der Waals surface area contributed by atoms with Gasteiger partial charge in [0.05, 0.1) is 12.1 Å². The van der Waals surface area contributed by atoms with E-state index in [1.807, 2.05) is 27.7 Å². The summed E-state index contributed by atoms with van der Waals surface area (Å²) in [5.74, 6) is -0.0486. The average molecular weight is 244 g/mol. The monoisotopic (exact) mass is 244 g/mol. The molecule has 1 amide bonds. The Morgan fingerprint density at radius 2 is 2.12 bits per heavy atom. The van der Waals surface area contributed by atoms with Gasteiger partial charge >= 0.3 is 6.09 Å². The Labute approximate surface area is 103 Å². The summed E-state index contributed by atoms with van der Waals surface area (Å²) in [4.78, 5) is 13.6. The first-order valence-corrected chi connectivity index (χ1v) is 6.18. The topological polar surface area (TPSA) is 75.8 Å². The highest BCUT2D eigenvalue weighted by Gasteiger charge is 2.42. The predicted molar refractivity (Wildman–Crippen MR) is 65.6 cm³/mol. The van der Waals surface area contributed by atoms with Crippen LogP contribution in [0.15, 0.2) is 0 Å². The first kappa shape index (κ1) is 14.3. The number of likely N-dealkylation sites (tertiary alicyclic amines) is 1. The van der Waals surface area contributed by atoms with Crippen LogP contribution in [0.5, 0.6) is 0 Å². The summed E-state index contributed by atoms with van der Waals surface area (Å²) >= 11 is 0. The van der Waals surface area contributed by atoms with Crippen molar-refractivity contribution in [3.8, 4) is 0 Å². The summed E-state index contributed by atoms with van der Waals surface area (Å²) in [7, 11) is 0. The van der Waals surface area contributed by atoms with Crippen molar-refractivity contribution >= 4 is 6.09 Å². The molecule has 1 saturated heterocycles. The molecular formula is C12H24N2O3. The molecule has 1 aliphatic rings. The minimum absolute atomic E-state index is 0.0486. The molecule has 0 aliphatic carbocycles. The molecule has 0 aromatic rings. The molecule has 3 atom stereocenters. The van der Waals surface area contributed by atoms with Crippen LogP contribution in [0.1, 0.15) is 34.1 Å². The number of rotatable bonds is 2. The van der Waals surface area contributed by atoms with E-state index < -0.39 is 11.7 Å². The van der Waals surface area contributed by atoms with Crippen LogP contribution < -0.4 is 5.73 Å². The van der Waals surface area contributed by atoms with Crippen LogP contribution in [0.25, 0.3) is 0 Å². The number of aliphatic hydroxyl groups excluding tert-OH is 1. The molecule has 100 valence electrons. The van der Waals surface area contributed by atoms with E-state index in [4.69, 9.17) is 10.5 Å². The van der Waals surface area contributed by atoms with E-state index in [1.165, 1.54) is 0 Å². The van der Waals surface area contributed by atoms with Crippen LogP contribution in [0.2, 0.25) is 0 Å². The van der Waals surface area contributed by atoms with E-state index in [0.29, 0.717) is 19.5 Å². The number of hydrogen-bond acceptors (Lipinski definition) is 4. The molecule has 1 rings (SSSR count). The normalized spacial score (nSPS) is 29.5. The van der Waals surface area contributed by atoms with Crippen molar-refractivity contribution in [1.82, 2.24) is 4.90 Å². The molecule has 1 fully saturated rings. The van der Waals surface area contributed by atoms with Crippen LogP contribution in [0, 0.1) is 5.92 Å². The summed E-state index contributed by atoms with van der Waals surface area (Å²) in [5, 5.41) is 10.0. The number of hydrogen-bond donors (Lipinski definition) is 2. The van der Waals surface area contributed by atoms with Crippen molar-refractivity contribution in [2.45, 2.75) is 51.9 Å². The van der Waals surface area contributed by atoms with Gasteiger partial charge in [0.25, 0.3) is 0 Å². The molecule has 0 aromatic heterocycles. The lowest BCUT2D eigenvalue weighted by molar-refractivity contribution is 0.0148. The maximum Gasteiger partial charge on any atom is 0.410 e. The zero-order chi connectivity index (χ0) is 13.2. The second-order valence-corrected chi connectivity index (χ2v) is 5.59. The van der Waals surface area contributed by atoms with E-state index >= 15 is 0 Å². The summed E-state index contributed by atoms with van der Waals surface area (Å²) in [6, 6.07) is -0.182. The fourth-order valence-corrected chi connectivity index (χ4v) is 2.20. The van der Waals surface area contributed by atoms with Gasteiger partial charge < -0.3 is 20.5 Å². The second kappa shape index (κ2) is 5.23. The highest BCUT2D eigenvalue weighted by Crippen LogP contribution is 2.27. The van der Waals surface area contributed by atoms with Gasteiger partial charge in [-0.15, -0.1) is 0 Å². The summed E-state index contributed by atoms with van der Waals surface area (Å²) < 4.78 is 5.33. The molecular weight excluding hydrogens is 220 g/mol. The minimum Gasteiger partial charge on any atom is -0.444 e. The maximum atomic E-state index is 12.0. The molecule has 0 saturated carbocycles. The SMILES string of the molecule is CCC1C(O)C(CN)CN1C(=O)OC(C)(C)C. The van der Waals surface area contributed by atoms with Crippen LogP contribution in [-0.2, 0) is 4.74 Å². The fourth-order valence-electron chi connectivity index (χ4n) is 2.20. The minimum atomic E-state index is -0.544. The van der Waals surface area contributed by atoms with E-state index in [2.05, 4.69) is 0 Å². The third-order valence-electron chi connectivity index (χ3n) is 3.06. The Bertz CT molecular complexity index is 275. The zero-order valence-electron chi connectivity index (χ0n) is 11.1. The van der Waals surface area contributed by atoms with E-state index in [1.54, 1.807) is 4.90 Å². The molecule has 5 heteroatoms. The Kier molecular flexibility index (Phi) is 4.38. The molecule has 0 radical (unpaired) electrons. The smallest absolute Gasteiger partial charge is 0.410 e. The lowest BCUT2D eigenvalue weighted by atomic mass is 10.0. The van der Waals surface area contributed by atoms with Crippen LogP contribution >= 0.6 is 0 Å². The second-order valence-electron chi connectivity index (χ2n) is 5.59. The van der Waals surface area contributed by atoms with Gasteiger partial charge in [-0.3, -0.25) is 0 Å². The molecule has 1 heterocycles. The third kappa shape index (κ3) is 3.33. The van der Waals surface area contributed by atoms with E-state index in [-0.39, 0.29) is 18.1 Å². The van der Waals surface area contributed by atoms with Gasteiger partial charge in [0, 0.05) is 12.5 Å². The Hall–Kier alpha value is -0.810. The van der Waals surface area contributed by atoms with Crippen molar-refractivity contribution in [2.24, 2.45) is 11.7 Å². The Morgan fingerprint density at radius 1 is 1.53 bits per heavy atom. The van der Waals surface area contributed by atoms with Gasteiger partial charge in [0.1, 0.15) is 5.60 Å². The van der Waals surface area contributed by atoms with Crippen LogP contribution in [0.3, 0.4) is 0 Å². The quantitative estimate of drug-likeness (QED) is 0.758. The number of nitrogens with zero attached hydrogens (tertiary/aromatic N) is 1. The molecule has 3 N–H and O–H groups in total. The maximum absolute atomic E-state index is 12.0. The number of ether oxygens (including phenoxy) is 1. The molecule has 5 nitrogen and oxygen atoms in total. The van der Waals surface area contributed by atoms with Gasteiger partial charge in [-0.2, -0.15) is 0 Å². The van der Waals surface area contributed by atoms with Crippen molar-refractivity contribution in [2.75, 3.05) is 13.1 Å². The standard InChI is InChI=1S/C12H24N2O3/c1-5-9-10(15)8(6-13)7-14(9)11(16)17-12(2,3)4/h8-10,15H,5-7,13H2,1-4H3. The van der Waals surface area contributed by atoms with E-state index in [9.17, 15) is 9.90 Å². The number of aliphatic hydroxyl groups is 1. The first-order valence-electron chi connectivity index (χ1n) is 6.18. The Morgan fingerprint density at radius 3 is 2.53 bits per heavy atom. The van der Waals surface area contributed by atoms with Gasteiger partial charge in [0.2, 0.25) is 0 Å². The summed E-state index contributed by atoms with van der Waals surface area (Å²) in [6.45, 7) is 8.31. The predicted octanol–water partition coefficient (Wildman–Crippen LogP) is 0.952. The lowest BCUT2D eigenvalue weighted by Gasteiger charge is -2.28. The number of nitrogens with two attached hydrogens (primary N) is 1. The van der Waals surface area contributed by atoms with Gasteiger partial charge in [-0.1, -0.05) is 6.92 Å². The van der Waals surface area contributed by atoms with E-state index in [0.717, 1.165) is 0 Å². The molecule has 0 spiro atoms. The zero-order valence-corrected chi connectivity index (χ0v) is 11.1. The first-order chi connectivity index (χ1) is 7.80. The highest BCUT2D eigenvalue weighted by molar-refractivity contribution is 5.69. The molecule has 1 aliphatic heterocycles. The van der Waals surface area contributed by atoms with Crippen molar-refractivity contribution in [1.29, 1.82) is 0 Å². The number of carbonyl (C=O) groups excluding carboxylic acids is 1. The van der Waals surface area contributed by atoms with Gasteiger partial charge in [-0.25, -0.2) is 4.79 Å². The van der Waals surface area contributed by atoms with Crippen LogP contribution in [0.4, 0.5) is 4.79 Å².